The highest BCUT2D eigenvalue weighted by Gasteiger charge is 2.31. The maximum Gasteiger partial charge on any atom is 0.298 e. The van der Waals surface area contributed by atoms with Crippen molar-refractivity contribution in [3.63, 3.8) is 0 Å². The van der Waals surface area contributed by atoms with Crippen LogP contribution in [-0.4, -0.2) is 23.0 Å². The fourth-order valence-corrected chi connectivity index (χ4v) is 2.90. The minimum atomic E-state index is -0.277. The number of rotatable bonds is 4. The third-order valence-electron chi connectivity index (χ3n) is 4.17. The summed E-state index contributed by atoms with van der Waals surface area (Å²) in [5, 5.41) is 6.38. The number of carbonyl (C=O) groups is 1. The minimum Gasteiger partial charge on any atom is -0.265 e. The first-order valence-electron chi connectivity index (χ1n) is 8.75. The number of aliphatic imine (C=N–C) groups is 1. The van der Waals surface area contributed by atoms with E-state index >= 15 is 0 Å². The highest BCUT2D eigenvalue weighted by atomic mass is 35.5. The molecule has 0 aromatic heterocycles. The molecule has 0 N–H and O–H groups in total. The van der Waals surface area contributed by atoms with E-state index in [0.717, 1.165) is 16.7 Å². The van der Waals surface area contributed by atoms with Gasteiger partial charge in [-0.1, -0.05) is 84.4 Å². The third kappa shape index (κ3) is 3.92. The summed E-state index contributed by atoms with van der Waals surface area (Å²) in [7, 11) is 0. The van der Waals surface area contributed by atoms with Crippen molar-refractivity contribution in [1.29, 1.82) is 0 Å². The van der Waals surface area contributed by atoms with E-state index in [-0.39, 0.29) is 5.91 Å². The fourth-order valence-electron chi connectivity index (χ4n) is 2.77. The molecule has 0 radical (unpaired) electrons. The molecule has 0 unspecified atom stereocenters. The Morgan fingerprint density at radius 3 is 2.14 bits per heavy atom. The van der Waals surface area contributed by atoms with Gasteiger partial charge in [0.1, 0.15) is 5.70 Å². The fraction of sp³-hybridized carbons (Fsp3) is 0. The van der Waals surface area contributed by atoms with E-state index in [4.69, 9.17) is 11.6 Å². The summed E-state index contributed by atoms with van der Waals surface area (Å²) in [6, 6.07) is 26.4. The van der Waals surface area contributed by atoms with Crippen LogP contribution in [0.5, 0.6) is 0 Å². The first-order chi connectivity index (χ1) is 13.7. The maximum atomic E-state index is 13.0. The van der Waals surface area contributed by atoms with E-state index < -0.39 is 0 Å². The monoisotopic (exact) mass is 385 g/mol. The lowest BCUT2D eigenvalue weighted by atomic mass is 10.2. The smallest absolute Gasteiger partial charge is 0.265 e. The van der Waals surface area contributed by atoms with Gasteiger partial charge in [0.2, 0.25) is 0 Å². The molecule has 4 rings (SSSR count). The van der Waals surface area contributed by atoms with E-state index in [2.05, 4.69) is 10.1 Å². The summed E-state index contributed by atoms with van der Waals surface area (Å²) < 4.78 is 0. The minimum absolute atomic E-state index is 0.277. The van der Waals surface area contributed by atoms with Gasteiger partial charge in [0, 0.05) is 10.6 Å². The van der Waals surface area contributed by atoms with Crippen molar-refractivity contribution in [2.24, 2.45) is 10.1 Å². The molecular formula is C23H16ClN3O. The van der Waals surface area contributed by atoms with Crippen molar-refractivity contribution in [3.05, 3.63) is 112 Å². The summed E-state index contributed by atoms with van der Waals surface area (Å²) >= 11 is 5.94. The second kappa shape index (κ2) is 8.03. The Labute approximate surface area is 168 Å². The van der Waals surface area contributed by atoms with Crippen LogP contribution < -0.4 is 0 Å². The molecule has 0 saturated carbocycles. The van der Waals surface area contributed by atoms with Gasteiger partial charge in [-0.25, -0.2) is 4.99 Å². The molecule has 3 aromatic carbocycles. The van der Waals surface area contributed by atoms with E-state index in [1.807, 2.05) is 72.8 Å². The zero-order valence-corrected chi connectivity index (χ0v) is 15.6. The molecule has 0 fully saturated rings. The maximum absolute atomic E-state index is 13.0. The molecular weight excluding hydrogens is 370 g/mol. The van der Waals surface area contributed by atoms with Gasteiger partial charge in [-0.15, -0.1) is 0 Å². The van der Waals surface area contributed by atoms with Crippen LogP contribution in [-0.2, 0) is 4.79 Å². The van der Waals surface area contributed by atoms with Crippen LogP contribution >= 0.6 is 11.6 Å². The van der Waals surface area contributed by atoms with Gasteiger partial charge < -0.3 is 0 Å². The molecule has 1 aliphatic rings. The largest absolute Gasteiger partial charge is 0.298 e. The van der Waals surface area contributed by atoms with Crippen molar-refractivity contribution in [3.8, 4) is 0 Å². The van der Waals surface area contributed by atoms with Crippen LogP contribution in [0.4, 0.5) is 0 Å². The topological polar surface area (TPSA) is 45.0 Å². The first kappa shape index (κ1) is 17.9. The van der Waals surface area contributed by atoms with Crippen LogP contribution in [0.15, 0.2) is 101 Å². The molecule has 3 aromatic rings. The molecule has 136 valence electrons. The van der Waals surface area contributed by atoms with Crippen LogP contribution in [0.3, 0.4) is 0 Å². The van der Waals surface area contributed by atoms with Crippen LogP contribution in [0.2, 0.25) is 5.02 Å². The third-order valence-corrected chi connectivity index (χ3v) is 4.42. The second-order valence-electron chi connectivity index (χ2n) is 6.15. The van der Waals surface area contributed by atoms with Gasteiger partial charge >= 0.3 is 0 Å². The van der Waals surface area contributed by atoms with Crippen molar-refractivity contribution in [2.75, 3.05) is 0 Å². The Kier molecular flexibility index (Phi) is 5.13. The van der Waals surface area contributed by atoms with Crippen molar-refractivity contribution >= 4 is 35.6 Å². The number of halogens is 1. The molecule has 28 heavy (non-hydrogen) atoms. The lowest BCUT2D eigenvalue weighted by molar-refractivity contribution is -0.122. The molecule has 0 bridgehead atoms. The molecule has 1 amide bonds. The van der Waals surface area contributed by atoms with E-state index in [9.17, 15) is 4.79 Å². The zero-order chi connectivity index (χ0) is 19.3. The molecule has 5 heteroatoms. The molecule has 0 saturated heterocycles. The van der Waals surface area contributed by atoms with Gasteiger partial charge in [-0.05, 0) is 29.3 Å². The molecule has 1 aliphatic heterocycles. The van der Waals surface area contributed by atoms with Gasteiger partial charge in [0.15, 0.2) is 5.84 Å². The summed E-state index contributed by atoms with van der Waals surface area (Å²) in [6.07, 6.45) is 3.39. The Balaban J connectivity index is 1.72. The normalized spacial score (nSPS) is 15.5. The van der Waals surface area contributed by atoms with Gasteiger partial charge in [0.05, 0.1) is 6.21 Å². The molecule has 0 atom stereocenters. The number of benzene rings is 3. The zero-order valence-electron chi connectivity index (χ0n) is 14.9. The standard InChI is InChI=1S/C23H16ClN3O/c24-20-13-11-17(12-14-20)15-21-23(28)27(25-16-18-7-3-1-4-8-18)22(26-21)19-9-5-2-6-10-19/h1-16H/b21-15-,25-16+. The second-order valence-corrected chi connectivity index (χ2v) is 6.59. The van der Waals surface area contributed by atoms with E-state index in [0.29, 0.717) is 16.6 Å². The summed E-state index contributed by atoms with van der Waals surface area (Å²) in [4.78, 5) is 17.5. The number of hydrogen-bond donors (Lipinski definition) is 0. The highest BCUT2D eigenvalue weighted by molar-refractivity contribution is 6.30. The van der Waals surface area contributed by atoms with E-state index in [1.54, 1.807) is 24.4 Å². The number of carbonyl (C=O) groups excluding carboxylic acids is 1. The lowest BCUT2D eigenvalue weighted by Crippen LogP contribution is -2.27. The predicted octanol–water partition coefficient (Wildman–Crippen LogP) is 5.00. The van der Waals surface area contributed by atoms with Gasteiger partial charge in [-0.3, -0.25) is 4.79 Å². The Bertz CT molecular complexity index is 1070. The quantitative estimate of drug-likeness (QED) is 0.460. The molecule has 0 aliphatic carbocycles. The van der Waals surface area contributed by atoms with Crippen LogP contribution in [0, 0.1) is 0 Å². The van der Waals surface area contributed by atoms with Gasteiger partial charge in [0.25, 0.3) is 5.91 Å². The lowest BCUT2D eigenvalue weighted by Gasteiger charge is -2.11. The molecule has 1 heterocycles. The predicted molar refractivity (Wildman–Crippen MR) is 113 cm³/mol. The average molecular weight is 386 g/mol. The number of amidine groups is 1. The highest BCUT2D eigenvalue weighted by Crippen LogP contribution is 2.23. The number of hydrogen-bond acceptors (Lipinski definition) is 3. The number of hydrazone groups is 1. The van der Waals surface area contributed by atoms with Crippen LogP contribution in [0.25, 0.3) is 6.08 Å². The summed E-state index contributed by atoms with van der Waals surface area (Å²) in [6.45, 7) is 0. The Hall–Kier alpha value is -3.50. The number of amides is 1. The Morgan fingerprint density at radius 1 is 0.821 bits per heavy atom. The van der Waals surface area contributed by atoms with Crippen LogP contribution in [0.1, 0.15) is 16.7 Å². The van der Waals surface area contributed by atoms with Crippen molar-refractivity contribution in [1.82, 2.24) is 5.01 Å². The molecule has 4 nitrogen and oxygen atoms in total. The van der Waals surface area contributed by atoms with E-state index in [1.165, 1.54) is 5.01 Å². The first-order valence-corrected chi connectivity index (χ1v) is 9.13. The summed E-state index contributed by atoms with van der Waals surface area (Å²) in [5.74, 6) is 0.221. The number of nitrogens with zero attached hydrogens (tertiary/aromatic N) is 3. The SMILES string of the molecule is O=C1/C(=C/c2ccc(Cl)cc2)N=C(c2ccccc2)N1/N=C/c1ccccc1. The average Bonchev–Trinajstić information content (AvgIpc) is 3.05. The van der Waals surface area contributed by atoms with Crippen molar-refractivity contribution in [2.45, 2.75) is 0 Å². The summed E-state index contributed by atoms with van der Waals surface area (Å²) in [5.41, 5.74) is 2.89. The Morgan fingerprint density at radius 2 is 1.46 bits per heavy atom. The molecule has 0 spiro atoms. The van der Waals surface area contributed by atoms with Gasteiger partial charge in [-0.2, -0.15) is 10.1 Å². The van der Waals surface area contributed by atoms with Crippen molar-refractivity contribution < 1.29 is 4.79 Å².